The van der Waals surface area contributed by atoms with Gasteiger partial charge in [-0.25, -0.2) is 13.9 Å². The van der Waals surface area contributed by atoms with Crippen molar-refractivity contribution in [1.82, 2.24) is 18.7 Å². The third-order valence-electron chi connectivity index (χ3n) is 3.78. The highest BCUT2D eigenvalue weighted by atomic mass is 16.2. The van der Waals surface area contributed by atoms with E-state index in [1.165, 1.54) is 19.2 Å². The van der Waals surface area contributed by atoms with E-state index in [0.717, 1.165) is 5.69 Å². The molecule has 0 fully saturated rings. The van der Waals surface area contributed by atoms with Crippen LogP contribution < -0.4 is 11.2 Å². The molecule has 0 aliphatic carbocycles. The van der Waals surface area contributed by atoms with Crippen LogP contribution in [0, 0.1) is 0 Å². The van der Waals surface area contributed by atoms with Gasteiger partial charge in [-0.2, -0.15) is 0 Å². The second kappa shape index (κ2) is 5.29. The summed E-state index contributed by atoms with van der Waals surface area (Å²) in [6.07, 6.45) is 3.18. The molecule has 0 bridgehead atoms. The predicted molar refractivity (Wildman–Crippen MR) is 84.8 cm³/mol. The van der Waals surface area contributed by atoms with Crippen LogP contribution in [0.15, 0.2) is 46.2 Å². The van der Waals surface area contributed by atoms with E-state index in [1.54, 1.807) is 12.4 Å². The summed E-state index contributed by atoms with van der Waals surface area (Å²) in [5.74, 6) is 0.437. The summed E-state index contributed by atoms with van der Waals surface area (Å²) in [6, 6.07) is 7.82. The first kappa shape index (κ1) is 14.3. The number of aryl methyl sites for hydroxylation is 1. The van der Waals surface area contributed by atoms with E-state index < -0.39 is 0 Å². The monoisotopic (exact) mass is 298 g/mol. The largest absolute Gasteiger partial charge is 0.350 e. The molecule has 1 aromatic carbocycles. The number of aromatic nitrogens is 4. The number of hydrogen-bond acceptors (Lipinski definition) is 3. The summed E-state index contributed by atoms with van der Waals surface area (Å²) in [5.41, 5.74) is 1.52. The first-order chi connectivity index (χ1) is 10.5. The molecule has 22 heavy (non-hydrogen) atoms. The Morgan fingerprint density at radius 1 is 1.09 bits per heavy atom. The molecule has 0 N–H and O–H groups in total. The Bertz CT molecular complexity index is 929. The summed E-state index contributed by atoms with van der Waals surface area (Å²) in [5, 5.41) is 4.10. The maximum absolute atomic E-state index is 12.6. The Labute approximate surface area is 127 Å². The molecule has 0 radical (unpaired) electrons. The molecule has 6 nitrogen and oxygen atoms in total. The summed E-state index contributed by atoms with van der Waals surface area (Å²) < 4.78 is 4.07. The van der Waals surface area contributed by atoms with Crippen molar-refractivity contribution < 1.29 is 0 Å². The second-order valence-corrected chi connectivity index (χ2v) is 5.51. The number of benzene rings is 1. The van der Waals surface area contributed by atoms with Crippen molar-refractivity contribution >= 4 is 5.65 Å². The average Bonchev–Trinajstić information content (AvgIpc) is 2.85. The minimum atomic E-state index is -0.302. The predicted octanol–water partition coefficient (Wildman–Crippen LogP) is 1.79. The van der Waals surface area contributed by atoms with Gasteiger partial charge in [0.15, 0.2) is 0 Å². The van der Waals surface area contributed by atoms with Crippen molar-refractivity contribution in [1.29, 1.82) is 0 Å². The van der Waals surface area contributed by atoms with Gasteiger partial charge < -0.3 is 0 Å². The van der Waals surface area contributed by atoms with Gasteiger partial charge in [0.25, 0.3) is 0 Å². The molecule has 2 aromatic heterocycles. The first-order valence-electron chi connectivity index (χ1n) is 7.34. The molecule has 6 heteroatoms. The second-order valence-electron chi connectivity index (χ2n) is 5.51. The van der Waals surface area contributed by atoms with Crippen LogP contribution in [-0.2, 0) is 6.54 Å². The molecule has 0 unspecified atom stereocenters. The zero-order valence-corrected chi connectivity index (χ0v) is 12.9. The fourth-order valence-electron chi connectivity index (χ4n) is 2.44. The molecule has 2 heterocycles. The molecule has 0 aliphatic rings. The molecule has 3 aromatic rings. The molecule has 0 saturated heterocycles. The lowest BCUT2D eigenvalue weighted by atomic mass is 10.0. The van der Waals surface area contributed by atoms with Crippen LogP contribution in [0.5, 0.6) is 0 Å². The van der Waals surface area contributed by atoms with E-state index >= 15 is 0 Å². The van der Waals surface area contributed by atoms with Gasteiger partial charge >= 0.3 is 11.2 Å². The number of nitrogens with zero attached hydrogens (tertiary/aromatic N) is 4. The average molecular weight is 298 g/mol. The lowest BCUT2D eigenvalue weighted by Crippen LogP contribution is -2.23. The van der Waals surface area contributed by atoms with Crippen LogP contribution in [-0.4, -0.2) is 18.7 Å². The van der Waals surface area contributed by atoms with Crippen molar-refractivity contribution in [2.45, 2.75) is 33.2 Å². The van der Waals surface area contributed by atoms with Gasteiger partial charge in [-0.05, 0) is 30.5 Å². The molecule has 3 rings (SSSR count). The Kier molecular flexibility index (Phi) is 3.44. The standard InChI is InChI=1S/C16H18N4O2/c1-4-20-16(22)19-10-9-18(15(21)14(19)17-20)13-7-5-12(6-8-13)11(2)3/h5-11H,4H2,1-3H3. The minimum absolute atomic E-state index is 0.141. The van der Waals surface area contributed by atoms with E-state index in [0.29, 0.717) is 12.5 Å². The number of fused-ring (bicyclic) bond motifs is 1. The molecule has 0 spiro atoms. The normalized spacial score (nSPS) is 11.5. The highest BCUT2D eigenvalue weighted by Crippen LogP contribution is 2.16. The Balaban J connectivity index is 2.17. The maximum atomic E-state index is 12.6. The third-order valence-corrected chi connectivity index (χ3v) is 3.78. The topological polar surface area (TPSA) is 61.3 Å². The van der Waals surface area contributed by atoms with Crippen LogP contribution in [0.1, 0.15) is 32.3 Å². The van der Waals surface area contributed by atoms with E-state index in [9.17, 15) is 9.59 Å². The van der Waals surface area contributed by atoms with E-state index in [2.05, 4.69) is 18.9 Å². The maximum Gasteiger partial charge on any atom is 0.350 e. The lowest BCUT2D eigenvalue weighted by molar-refractivity contribution is 0.633. The minimum Gasteiger partial charge on any atom is -0.280 e. The zero-order valence-electron chi connectivity index (χ0n) is 12.9. The summed E-state index contributed by atoms with van der Waals surface area (Å²) in [6.45, 7) is 6.49. The van der Waals surface area contributed by atoms with Crippen LogP contribution in [0.25, 0.3) is 11.3 Å². The third kappa shape index (κ3) is 2.16. The van der Waals surface area contributed by atoms with Crippen molar-refractivity contribution in [3.05, 3.63) is 63.1 Å². The van der Waals surface area contributed by atoms with Crippen molar-refractivity contribution in [2.24, 2.45) is 0 Å². The molecule has 114 valence electrons. The smallest absolute Gasteiger partial charge is 0.280 e. The lowest BCUT2D eigenvalue weighted by Gasteiger charge is -2.08. The Morgan fingerprint density at radius 3 is 2.36 bits per heavy atom. The van der Waals surface area contributed by atoms with Gasteiger partial charge in [-0.15, -0.1) is 5.10 Å². The zero-order chi connectivity index (χ0) is 15.9. The van der Waals surface area contributed by atoms with Gasteiger partial charge in [0.2, 0.25) is 5.65 Å². The van der Waals surface area contributed by atoms with Gasteiger partial charge in [-0.1, -0.05) is 26.0 Å². The molecular formula is C16H18N4O2. The van der Waals surface area contributed by atoms with E-state index in [4.69, 9.17) is 0 Å². The Morgan fingerprint density at radius 2 is 1.77 bits per heavy atom. The van der Waals surface area contributed by atoms with Crippen molar-refractivity contribution in [3.63, 3.8) is 0 Å². The molecule has 0 aliphatic heterocycles. The van der Waals surface area contributed by atoms with Crippen molar-refractivity contribution in [2.75, 3.05) is 0 Å². The fourth-order valence-corrected chi connectivity index (χ4v) is 2.44. The summed E-state index contributed by atoms with van der Waals surface area (Å²) >= 11 is 0. The summed E-state index contributed by atoms with van der Waals surface area (Å²) in [4.78, 5) is 24.6. The van der Waals surface area contributed by atoms with Crippen LogP contribution >= 0.6 is 0 Å². The quantitative estimate of drug-likeness (QED) is 0.740. The number of hydrogen-bond donors (Lipinski definition) is 0. The molecule has 0 saturated carbocycles. The molecule has 0 amide bonds. The Hall–Kier alpha value is -2.63. The van der Waals surface area contributed by atoms with Gasteiger partial charge in [0, 0.05) is 24.6 Å². The van der Waals surface area contributed by atoms with Crippen LogP contribution in [0.2, 0.25) is 0 Å². The van der Waals surface area contributed by atoms with Gasteiger partial charge in [0.1, 0.15) is 0 Å². The fraction of sp³-hybridized carbons (Fsp3) is 0.312. The van der Waals surface area contributed by atoms with E-state index in [1.807, 2.05) is 31.2 Å². The van der Waals surface area contributed by atoms with Crippen LogP contribution in [0.3, 0.4) is 0 Å². The van der Waals surface area contributed by atoms with Crippen LogP contribution in [0.4, 0.5) is 0 Å². The number of rotatable bonds is 3. The van der Waals surface area contributed by atoms with Gasteiger partial charge in [0.05, 0.1) is 0 Å². The highest BCUT2D eigenvalue weighted by molar-refractivity contribution is 5.41. The highest BCUT2D eigenvalue weighted by Gasteiger charge is 2.11. The SMILES string of the molecule is CCn1nc2c(=O)n(-c3ccc(C(C)C)cc3)ccn2c1=O. The van der Waals surface area contributed by atoms with Crippen molar-refractivity contribution in [3.8, 4) is 5.69 Å². The van der Waals surface area contributed by atoms with E-state index in [-0.39, 0.29) is 16.9 Å². The first-order valence-corrected chi connectivity index (χ1v) is 7.34. The molecule has 0 atom stereocenters. The molecular weight excluding hydrogens is 280 g/mol. The van der Waals surface area contributed by atoms with Gasteiger partial charge in [-0.3, -0.25) is 9.36 Å². The summed E-state index contributed by atoms with van der Waals surface area (Å²) in [7, 11) is 0.